The molecule has 2 amide bonds. The highest BCUT2D eigenvalue weighted by atomic mass is 16.2. The third-order valence-electron chi connectivity index (χ3n) is 4.78. The van der Waals surface area contributed by atoms with Crippen LogP contribution in [0.3, 0.4) is 0 Å². The molecular weight excluding hydrogens is 278 g/mol. The van der Waals surface area contributed by atoms with Crippen LogP contribution in [0.1, 0.15) is 30.0 Å². The number of aryl methyl sites for hydroxylation is 2. The van der Waals surface area contributed by atoms with E-state index in [2.05, 4.69) is 42.7 Å². The molecule has 118 valence electrons. The van der Waals surface area contributed by atoms with Crippen LogP contribution in [0.2, 0.25) is 0 Å². The third-order valence-corrected chi connectivity index (χ3v) is 4.78. The summed E-state index contributed by atoms with van der Waals surface area (Å²) < 4.78 is 0. The van der Waals surface area contributed by atoms with Crippen LogP contribution in [-0.2, 0) is 16.1 Å². The van der Waals surface area contributed by atoms with Crippen molar-refractivity contribution in [1.82, 2.24) is 15.5 Å². The van der Waals surface area contributed by atoms with Gasteiger partial charge in [0.05, 0.1) is 0 Å². The van der Waals surface area contributed by atoms with Gasteiger partial charge >= 0.3 is 0 Å². The Morgan fingerprint density at radius 1 is 1.27 bits per heavy atom. The maximum atomic E-state index is 12.1. The summed E-state index contributed by atoms with van der Waals surface area (Å²) in [6.07, 6.45) is 0.690. The topological polar surface area (TPSA) is 61.4 Å². The van der Waals surface area contributed by atoms with Gasteiger partial charge in [-0.15, -0.1) is 0 Å². The summed E-state index contributed by atoms with van der Waals surface area (Å²) in [5, 5.41) is 6.23. The number of benzene rings is 1. The highest BCUT2D eigenvalue weighted by Crippen LogP contribution is 2.23. The monoisotopic (exact) mass is 301 g/mol. The van der Waals surface area contributed by atoms with Gasteiger partial charge in [-0.1, -0.05) is 18.2 Å². The second-order valence-electron chi connectivity index (χ2n) is 6.47. The van der Waals surface area contributed by atoms with Crippen molar-refractivity contribution in [3.05, 3.63) is 34.9 Å². The average molecular weight is 301 g/mol. The van der Waals surface area contributed by atoms with Gasteiger partial charge in [0.25, 0.3) is 0 Å². The Kier molecular flexibility index (Phi) is 3.91. The van der Waals surface area contributed by atoms with E-state index in [1.165, 1.54) is 16.7 Å². The summed E-state index contributed by atoms with van der Waals surface area (Å²) in [6.45, 7) is 7.34. The van der Waals surface area contributed by atoms with Crippen molar-refractivity contribution in [2.75, 3.05) is 6.54 Å². The summed E-state index contributed by atoms with van der Waals surface area (Å²) in [5.41, 5.74) is 3.81. The summed E-state index contributed by atoms with van der Waals surface area (Å²) in [7, 11) is 0. The third kappa shape index (κ3) is 2.73. The normalized spacial score (nSPS) is 27.8. The molecule has 2 N–H and O–H groups in total. The minimum Gasteiger partial charge on any atom is -0.343 e. The highest BCUT2D eigenvalue weighted by molar-refractivity contribution is 5.97. The van der Waals surface area contributed by atoms with Gasteiger partial charge in [0.15, 0.2) is 0 Å². The van der Waals surface area contributed by atoms with E-state index in [9.17, 15) is 9.59 Å². The lowest BCUT2D eigenvalue weighted by molar-refractivity contribution is -0.146. The zero-order valence-corrected chi connectivity index (χ0v) is 13.3. The van der Waals surface area contributed by atoms with E-state index in [-0.39, 0.29) is 23.9 Å². The van der Waals surface area contributed by atoms with Gasteiger partial charge in [0.1, 0.15) is 12.1 Å². The smallest absolute Gasteiger partial charge is 0.245 e. The molecule has 3 rings (SSSR count). The molecular formula is C17H23N3O2. The van der Waals surface area contributed by atoms with Crippen LogP contribution in [0.25, 0.3) is 0 Å². The first kappa shape index (κ1) is 15.0. The maximum Gasteiger partial charge on any atom is 0.245 e. The molecule has 0 saturated carbocycles. The molecule has 5 heteroatoms. The fraction of sp³-hybridized carbons (Fsp3) is 0.529. The number of hydrogen-bond donors (Lipinski definition) is 2. The Balaban J connectivity index is 1.62. The van der Waals surface area contributed by atoms with Crippen molar-refractivity contribution in [3.63, 3.8) is 0 Å². The fourth-order valence-electron chi connectivity index (χ4n) is 3.27. The second-order valence-corrected chi connectivity index (χ2v) is 6.47. The van der Waals surface area contributed by atoms with Crippen molar-refractivity contribution in [3.8, 4) is 0 Å². The first-order valence-electron chi connectivity index (χ1n) is 7.86. The molecule has 2 aliphatic rings. The summed E-state index contributed by atoms with van der Waals surface area (Å²) >= 11 is 0. The van der Waals surface area contributed by atoms with Crippen LogP contribution in [0.15, 0.2) is 18.2 Å². The Bertz CT molecular complexity index is 614. The molecule has 1 aromatic rings. The van der Waals surface area contributed by atoms with Gasteiger partial charge in [-0.3, -0.25) is 9.59 Å². The molecule has 5 nitrogen and oxygen atoms in total. The van der Waals surface area contributed by atoms with Gasteiger partial charge in [-0.2, -0.15) is 0 Å². The van der Waals surface area contributed by atoms with Crippen LogP contribution in [-0.4, -0.2) is 41.4 Å². The first-order chi connectivity index (χ1) is 10.5. The lowest BCUT2D eigenvalue weighted by Crippen LogP contribution is -2.60. The zero-order valence-electron chi connectivity index (χ0n) is 13.3. The lowest BCUT2D eigenvalue weighted by atomic mass is 10.1. The van der Waals surface area contributed by atoms with E-state index in [4.69, 9.17) is 0 Å². The molecule has 0 unspecified atom stereocenters. The first-order valence-corrected chi connectivity index (χ1v) is 7.86. The molecule has 22 heavy (non-hydrogen) atoms. The molecule has 1 aromatic carbocycles. The van der Waals surface area contributed by atoms with Crippen LogP contribution >= 0.6 is 0 Å². The van der Waals surface area contributed by atoms with Crippen LogP contribution in [0.5, 0.6) is 0 Å². The number of fused-ring (bicyclic) bond motifs is 1. The van der Waals surface area contributed by atoms with E-state index in [1.807, 2.05) is 0 Å². The van der Waals surface area contributed by atoms with Crippen molar-refractivity contribution in [2.45, 2.75) is 51.9 Å². The van der Waals surface area contributed by atoms with E-state index in [1.54, 1.807) is 11.8 Å². The Morgan fingerprint density at radius 3 is 2.77 bits per heavy atom. The Hall–Kier alpha value is -1.88. The van der Waals surface area contributed by atoms with Gasteiger partial charge in [-0.25, -0.2) is 0 Å². The van der Waals surface area contributed by atoms with Crippen LogP contribution in [0, 0.1) is 13.8 Å². The number of nitrogens with zero attached hydrogens (tertiary/aromatic N) is 1. The fourth-order valence-corrected chi connectivity index (χ4v) is 3.27. The number of nitrogens with one attached hydrogen (secondary N) is 2. The van der Waals surface area contributed by atoms with Crippen molar-refractivity contribution < 1.29 is 9.59 Å². The lowest BCUT2D eigenvalue weighted by Gasteiger charge is -2.32. The van der Waals surface area contributed by atoms with Crippen LogP contribution in [0.4, 0.5) is 0 Å². The molecule has 2 heterocycles. The molecule has 2 fully saturated rings. The zero-order chi connectivity index (χ0) is 15.9. The van der Waals surface area contributed by atoms with E-state index in [0.29, 0.717) is 13.0 Å². The molecule has 3 atom stereocenters. The molecule has 0 spiro atoms. The number of hydrogen-bond acceptors (Lipinski definition) is 3. The van der Waals surface area contributed by atoms with E-state index < -0.39 is 6.04 Å². The minimum atomic E-state index is -0.401. The van der Waals surface area contributed by atoms with E-state index in [0.717, 1.165) is 6.54 Å². The second kappa shape index (κ2) is 5.72. The van der Waals surface area contributed by atoms with Gasteiger partial charge < -0.3 is 15.5 Å². The molecule has 0 aliphatic carbocycles. The molecule has 0 bridgehead atoms. The number of rotatable bonds is 3. The van der Waals surface area contributed by atoms with Gasteiger partial charge in [0.2, 0.25) is 11.8 Å². The van der Waals surface area contributed by atoms with Crippen molar-refractivity contribution in [1.29, 1.82) is 0 Å². The van der Waals surface area contributed by atoms with E-state index >= 15 is 0 Å². The predicted octanol–water partition coefficient (Wildman–Crippen LogP) is 0.881. The Labute approximate surface area is 131 Å². The van der Waals surface area contributed by atoms with Crippen LogP contribution < -0.4 is 10.6 Å². The Morgan fingerprint density at radius 2 is 2.05 bits per heavy atom. The molecule has 0 radical (unpaired) electrons. The molecule has 2 aliphatic heterocycles. The van der Waals surface area contributed by atoms with Gasteiger partial charge in [-0.05, 0) is 43.9 Å². The number of piperazine rings is 1. The summed E-state index contributed by atoms with van der Waals surface area (Å²) in [6, 6.07) is 5.90. The highest BCUT2D eigenvalue weighted by Gasteiger charge is 2.44. The predicted molar refractivity (Wildman–Crippen MR) is 84.3 cm³/mol. The van der Waals surface area contributed by atoms with Crippen molar-refractivity contribution in [2.24, 2.45) is 0 Å². The number of carbonyl (C=O) groups excluding carboxylic acids is 2. The largest absolute Gasteiger partial charge is 0.343 e. The maximum absolute atomic E-state index is 12.1. The SMILES string of the molecule is Cc1ccc(CN[C@H]2C[C@H]3C(=O)N[C@@H](C)C(=O)N3C2)cc1C. The number of carbonyl (C=O) groups is 2. The average Bonchev–Trinajstić information content (AvgIpc) is 2.91. The molecule has 0 aromatic heterocycles. The minimum absolute atomic E-state index is 0.0254. The summed E-state index contributed by atoms with van der Waals surface area (Å²) in [5.74, 6) is 0.00246. The quantitative estimate of drug-likeness (QED) is 0.871. The summed E-state index contributed by atoms with van der Waals surface area (Å²) in [4.78, 5) is 25.9. The molecule has 2 saturated heterocycles. The number of amides is 2. The van der Waals surface area contributed by atoms with Gasteiger partial charge in [0, 0.05) is 19.1 Å². The standard InChI is InChI=1S/C17H23N3O2/c1-10-4-5-13(6-11(10)2)8-18-14-7-15-16(21)19-12(3)17(22)20(15)9-14/h4-6,12,14-15,18H,7-9H2,1-3H3,(H,19,21)/t12-,14-,15-/m0/s1. The van der Waals surface area contributed by atoms with Crippen molar-refractivity contribution >= 4 is 11.8 Å².